The lowest BCUT2D eigenvalue weighted by atomic mass is 10.1. The highest BCUT2D eigenvalue weighted by Crippen LogP contribution is 2.25. The molecule has 2 aromatic rings. The number of halogens is 1. The number of carbonyl (C=O) groups excluding carboxylic acids is 1. The van der Waals surface area contributed by atoms with Gasteiger partial charge in [0.2, 0.25) is 0 Å². The van der Waals surface area contributed by atoms with Gasteiger partial charge < -0.3 is 9.32 Å². The van der Waals surface area contributed by atoms with Gasteiger partial charge in [-0.05, 0) is 30.7 Å². The highest BCUT2D eigenvalue weighted by Gasteiger charge is 2.35. The van der Waals surface area contributed by atoms with Crippen LogP contribution in [0.25, 0.3) is 0 Å². The summed E-state index contributed by atoms with van der Waals surface area (Å²) in [5.41, 5.74) is 0.366. The van der Waals surface area contributed by atoms with E-state index < -0.39 is 9.84 Å². The molecule has 5 nitrogen and oxygen atoms in total. The second-order valence-corrected chi connectivity index (χ2v) is 8.19. The first-order valence-electron chi connectivity index (χ1n) is 7.24. The standard InChI is InChI=1S/C16H16ClNO4S/c17-15-6-2-1-5-14(15)16(19)18(10-13-4-3-8-22-13)12-7-9-23(20,21)11-12/h1-6,8,12H,7,9-11H2. The van der Waals surface area contributed by atoms with Crippen molar-refractivity contribution in [2.75, 3.05) is 11.5 Å². The summed E-state index contributed by atoms with van der Waals surface area (Å²) in [6, 6.07) is 9.89. The summed E-state index contributed by atoms with van der Waals surface area (Å²) in [6.07, 6.45) is 1.96. The normalized spacial score (nSPS) is 19.6. The maximum atomic E-state index is 12.9. The summed E-state index contributed by atoms with van der Waals surface area (Å²) >= 11 is 6.12. The number of rotatable bonds is 4. The molecule has 1 aliphatic rings. The van der Waals surface area contributed by atoms with Crippen LogP contribution in [0.5, 0.6) is 0 Å². The molecular formula is C16H16ClNO4S. The maximum absolute atomic E-state index is 12.9. The molecule has 7 heteroatoms. The fourth-order valence-electron chi connectivity index (χ4n) is 2.75. The average molecular weight is 354 g/mol. The second-order valence-electron chi connectivity index (χ2n) is 5.55. The Labute approximate surface area is 139 Å². The van der Waals surface area contributed by atoms with Crippen molar-refractivity contribution in [1.82, 2.24) is 4.90 Å². The van der Waals surface area contributed by atoms with Gasteiger partial charge in [0.05, 0.1) is 34.9 Å². The Morgan fingerprint density at radius 3 is 2.65 bits per heavy atom. The molecule has 0 N–H and O–H groups in total. The second kappa shape index (κ2) is 6.37. The van der Waals surface area contributed by atoms with E-state index in [1.54, 1.807) is 41.3 Å². The van der Waals surface area contributed by atoms with E-state index in [9.17, 15) is 13.2 Å². The van der Waals surface area contributed by atoms with Crippen molar-refractivity contribution in [1.29, 1.82) is 0 Å². The van der Waals surface area contributed by atoms with Gasteiger partial charge >= 0.3 is 0 Å². The fourth-order valence-corrected chi connectivity index (χ4v) is 4.69. The fraction of sp³-hybridized carbons (Fsp3) is 0.312. The smallest absolute Gasteiger partial charge is 0.256 e. The van der Waals surface area contributed by atoms with Gasteiger partial charge in [0.25, 0.3) is 5.91 Å². The maximum Gasteiger partial charge on any atom is 0.256 e. The van der Waals surface area contributed by atoms with Crippen LogP contribution in [-0.4, -0.2) is 36.8 Å². The van der Waals surface area contributed by atoms with Crippen molar-refractivity contribution in [3.63, 3.8) is 0 Å². The molecule has 1 atom stereocenters. The van der Waals surface area contributed by atoms with Gasteiger partial charge in [-0.15, -0.1) is 0 Å². The molecule has 0 radical (unpaired) electrons. The van der Waals surface area contributed by atoms with Crippen LogP contribution in [0.4, 0.5) is 0 Å². The van der Waals surface area contributed by atoms with Crippen LogP contribution in [0.1, 0.15) is 22.5 Å². The van der Waals surface area contributed by atoms with Crippen LogP contribution in [0.2, 0.25) is 5.02 Å². The number of carbonyl (C=O) groups is 1. The molecule has 1 amide bonds. The largest absolute Gasteiger partial charge is 0.467 e. The summed E-state index contributed by atoms with van der Waals surface area (Å²) < 4.78 is 28.9. The molecule has 3 rings (SSSR count). The zero-order valence-corrected chi connectivity index (χ0v) is 13.9. The zero-order chi connectivity index (χ0) is 16.4. The molecule has 23 heavy (non-hydrogen) atoms. The monoisotopic (exact) mass is 353 g/mol. The number of nitrogens with zero attached hydrogens (tertiary/aromatic N) is 1. The first-order chi connectivity index (χ1) is 11.0. The van der Waals surface area contributed by atoms with Crippen LogP contribution in [0, 0.1) is 0 Å². The number of amides is 1. The summed E-state index contributed by atoms with van der Waals surface area (Å²) in [4.78, 5) is 14.4. The molecule has 1 aromatic carbocycles. The molecule has 0 spiro atoms. The molecule has 1 aromatic heterocycles. The molecule has 1 saturated heterocycles. The molecular weight excluding hydrogens is 338 g/mol. The highest BCUT2D eigenvalue weighted by atomic mass is 35.5. The first-order valence-corrected chi connectivity index (χ1v) is 9.44. The first kappa shape index (κ1) is 16.1. The minimum Gasteiger partial charge on any atom is -0.467 e. The Bertz CT molecular complexity index is 801. The molecule has 2 heterocycles. The molecule has 1 aliphatic heterocycles. The lowest BCUT2D eigenvalue weighted by molar-refractivity contribution is 0.0666. The average Bonchev–Trinajstić information content (AvgIpc) is 3.14. The van der Waals surface area contributed by atoms with Crippen molar-refractivity contribution in [3.05, 3.63) is 59.0 Å². The number of furan rings is 1. The Morgan fingerprint density at radius 2 is 2.04 bits per heavy atom. The van der Waals surface area contributed by atoms with Gasteiger partial charge in [-0.3, -0.25) is 4.79 Å². The van der Waals surface area contributed by atoms with E-state index in [1.807, 2.05) is 0 Å². The molecule has 0 aliphatic carbocycles. The van der Waals surface area contributed by atoms with Crippen LogP contribution in [0.15, 0.2) is 47.1 Å². The quantitative estimate of drug-likeness (QED) is 0.847. The van der Waals surface area contributed by atoms with E-state index in [4.69, 9.17) is 16.0 Å². The predicted molar refractivity (Wildman–Crippen MR) is 87.1 cm³/mol. The van der Waals surface area contributed by atoms with Crippen molar-refractivity contribution in [2.24, 2.45) is 0 Å². The molecule has 1 unspecified atom stereocenters. The van der Waals surface area contributed by atoms with E-state index in [2.05, 4.69) is 0 Å². The minimum absolute atomic E-state index is 0.0239. The van der Waals surface area contributed by atoms with Crippen LogP contribution >= 0.6 is 11.6 Å². The van der Waals surface area contributed by atoms with Crippen LogP contribution in [-0.2, 0) is 16.4 Å². The van der Waals surface area contributed by atoms with Crippen molar-refractivity contribution >= 4 is 27.3 Å². The highest BCUT2D eigenvalue weighted by molar-refractivity contribution is 7.91. The molecule has 0 bridgehead atoms. The zero-order valence-electron chi connectivity index (χ0n) is 12.3. The summed E-state index contributed by atoms with van der Waals surface area (Å²) in [5, 5.41) is 0.350. The topological polar surface area (TPSA) is 67.6 Å². The Kier molecular flexibility index (Phi) is 4.46. The lowest BCUT2D eigenvalue weighted by Gasteiger charge is -2.27. The number of hydrogen-bond acceptors (Lipinski definition) is 4. The van der Waals surface area contributed by atoms with E-state index in [-0.39, 0.29) is 30.0 Å². The molecule has 122 valence electrons. The van der Waals surface area contributed by atoms with Crippen molar-refractivity contribution < 1.29 is 17.6 Å². The third-order valence-electron chi connectivity index (χ3n) is 3.92. The summed E-state index contributed by atoms with van der Waals surface area (Å²) in [6.45, 7) is 0.219. The predicted octanol–water partition coefficient (Wildman–Crippen LogP) is 2.76. The Hall–Kier alpha value is -1.79. The van der Waals surface area contributed by atoms with E-state index >= 15 is 0 Å². The van der Waals surface area contributed by atoms with E-state index in [0.29, 0.717) is 22.8 Å². The van der Waals surface area contributed by atoms with Crippen molar-refractivity contribution in [2.45, 2.75) is 19.0 Å². The SMILES string of the molecule is O=C(c1ccccc1Cl)N(Cc1ccco1)C1CCS(=O)(=O)C1. The Morgan fingerprint density at radius 1 is 1.26 bits per heavy atom. The summed E-state index contributed by atoms with van der Waals surface area (Å²) in [5.74, 6) is 0.398. The summed E-state index contributed by atoms with van der Waals surface area (Å²) in [7, 11) is -3.10. The van der Waals surface area contributed by atoms with Crippen LogP contribution < -0.4 is 0 Å². The van der Waals surface area contributed by atoms with Gasteiger partial charge in [0.15, 0.2) is 9.84 Å². The van der Waals surface area contributed by atoms with Crippen molar-refractivity contribution in [3.8, 4) is 0 Å². The van der Waals surface area contributed by atoms with Gasteiger partial charge in [-0.1, -0.05) is 23.7 Å². The molecule has 1 fully saturated rings. The van der Waals surface area contributed by atoms with Gasteiger partial charge in [0, 0.05) is 6.04 Å². The number of sulfone groups is 1. The van der Waals surface area contributed by atoms with Gasteiger partial charge in [-0.25, -0.2) is 8.42 Å². The Balaban J connectivity index is 1.91. The van der Waals surface area contributed by atoms with Gasteiger partial charge in [-0.2, -0.15) is 0 Å². The van der Waals surface area contributed by atoms with Crippen LogP contribution in [0.3, 0.4) is 0 Å². The number of benzene rings is 1. The lowest BCUT2D eigenvalue weighted by Crippen LogP contribution is -2.40. The number of hydrogen-bond donors (Lipinski definition) is 0. The van der Waals surface area contributed by atoms with Gasteiger partial charge in [0.1, 0.15) is 5.76 Å². The van der Waals surface area contributed by atoms with E-state index in [1.165, 1.54) is 6.26 Å². The third-order valence-corrected chi connectivity index (χ3v) is 6.00. The van der Waals surface area contributed by atoms with E-state index in [0.717, 1.165) is 0 Å². The molecule has 0 saturated carbocycles. The minimum atomic E-state index is -3.10. The third kappa shape index (κ3) is 3.59.